The molecule has 140 valence electrons. The number of nitrogens with one attached hydrogen (secondary N) is 3. The second kappa shape index (κ2) is 10.1. The topological polar surface area (TPSA) is 70.2 Å². The Morgan fingerprint density at radius 3 is 2.26 bits per heavy atom. The predicted molar refractivity (Wildman–Crippen MR) is 115 cm³/mol. The molecule has 0 radical (unpaired) electrons. The second-order valence-corrected chi connectivity index (χ2v) is 6.67. The molecule has 2 aromatic carbocycles. The third-order valence-corrected chi connectivity index (χ3v) is 4.13. The van der Waals surface area contributed by atoms with Crippen LogP contribution in [0.15, 0.2) is 48.5 Å². The van der Waals surface area contributed by atoms with Crippen LogP contribution in [-0.2, 0) is 9.59 Å². The molecule has 0 saturated carbocycles. The van der Waals surface area contributed by atoms with Crippen LogP contribution in [0, 0.1) is 0 Å². The maximum atomic E-state index is 12.0. The van der Waals surface area contributed by atoms with E-state index in [0.717, 1.165) is 0 Å². The predicted octanol–water partition coefficient (Wildman–Crippen LogP) is 4.87. The van der Waals surface area contributed by atoms with Crippen LogP contribution in [0.3, 0.4) is 0 Å². The fraction of sp³-hybridized carbons (Fsp3) is 0.105. The van der Waals surface area contributed by atoms with Crippen molar-refractivity contribution in [2.45, 2.75) is 13.3 Å². The number of rotatable bonds is 5. The van der Waals surface area contributed by atoms with E-state index in [2.05, 4.69) is 16.0 Å². The van der Waals surface area contributed by atoms with E-state index in [1.54, 1.807) is 55.5 Å². The largest absolute Gasteiger partial charge is 0.332 e. The van der Waals surface area contributed by atoms with Crippen LogP contribution in [0.1, 0.15) is 18.9 Å². The summed E-state index contributed by atoms with van der Waals surface area (Å²) in [7, 11) is 0. The number of hydrogen-bond acceptors (Lipinski definition) is 3. The van der Waals surface area contributed by atoms with Gasteiger partial charge in [-0.25, -0.2) is 0 Å². The molecule has 0 bridgehead atoms. The zero-order valence-corrected chi connectivity index (χ0v) is 16.7. The lowest BCUT2D eigenvalue weighted by Gasteiger charge is -2.09. The van der Waals surface area contributed by atoms with Crippen LogP contribution < -0.4 is 16.0 Å². The van der Waals surface area contributed by atoms with Crippen molar-refractivity contribution in [2.24, 2.45) is 0 Å². The van der Waals surface area contributed by atoms with E-state index < -0.39 is 0 Å². The highest BCUT2D eigenvalue weighted by atomic mass is 35.5. The fourth-order valence-corrected chi connectivity index (χ4v) is 2.70. The van der Waals surface area contributed by atoms with E-state index in [1.807, 2.05) is 0 Å². The van der Waals surface area contributed by atoms with Gasteiger partial charge in [0.05, 0.1) is 0 Å². The van der Waals surface area contributed by atoms with Crippen molar-refractivity contribution in [3.63, 3.8) is 0 Å². The van der Waals surface area contributed by atoms with Crippen molar-refractivity contribution < 1.29 is 9.59 Å². The van der Waals surface area contributed by atoms with Gasteiger partial charge >= 0.3 is 0 Å². The molecule has 0 aliphatic rings. The van der Waals surface area contributed by atoms with Crippen LogP contribution >= 0.6 is 35.4 Å². The zero-order valence-electron chi connectivity index (χ0n) is 14.4. The Morgan fingerprint density at radius 2 is 1.67 bits per heavy atom. The lowest BCUT2D eigenvalue weighted by atomic mass is 10.2. The van der Waals surface area contributed by atoms with Crippen molar-refractivity contribution in [1.29, 1.82) is 0 Å². The van der Waals surface area contributed by atoms with Gasteiger partial charge in [0.15, 0.2) is 5.11 Å². The summed E-state index contributed by atoms with van der Waals surface area (Å²) in [6, 6.07) is 11.9. The molecule has 2 amide bonds. The Labute approximate surface area is 172 Å². The maximum absolute atomic E-state index is 12.0. The number of anilines is 2. The van der Waals surface area contributed by atoms with Gasteiger partial charge in [0.1, 0.15) is 0 Å². The Morgan fingerprint density at radius 1 is 1.04 bits per heavy atom. The minimum atomic E-state index is -0.299. The quantitative estimate of drug-likeness (QED) is 0.475. The zero-order chi connectivity index (χ0) is 19.8. The summed E-state index contributed by atoms with van der Waals surface area (Å²) in [4.78, 5) is 23.3. The number of amides is 2. The molecule has 2 aromatic rings. The van der Waals surface area contributed by atoms with Gasteiger partial charge in [-0.2, -0.15) is 0 Å². The molecule has 0 aromatic heterocycles. The van der Waals surface area contributed by atoms with Crippen LogP contribution in [0.2, 0.25) is 10.0 Å². The normalized spacial score (nSPS) is 10.5. The molecule has 3 N–H and O–H groups in total. The third-order valence-electron chi connectivity index (χ3n) is 3.36. The van der Waals surface area contributed by atoms with E-state index in [4.69, 9.17) is 35.4 Å². The molecule has 27 heavy (non-hydrogen) atoms. The summed E-state index contributed by atoms with van der Waals surface area (Å²) in [6.45, 7) is 1.74. The van der Waals surface area contributed by atoms with Crippen molar-refractivity contribution in [3.05, 3.63) is 64.1 Å². The molecule has 5 nitrogen and oxygen atoms in total. The summed E-state index contributed by atoms with van der Waals surface area (Å²) in [5, 5.41) is 9.40. The van der Waals surface area contributed by atoms with Gasteiger partial charge in [0.2, 0.25) is 11.8 Å². The van der Waals surface area contributed by atoms with Gasteiger partial charge in [-0.3, -0.25) is 9.59 Å². The monoisotopic (exact) mass is 421 g/mol. The first-order valence-corrected chi connectivity index (χ1v) is 9.19. The van der Waals surface area contributed by atoms with Crippen molar-refractivity contribution in [2.75, 3.05) is 10.6 Å². The molecule has 0 aliphatic heterocycles. The molecule has 0 unspecified atom stereocenters. The number of carbonyl (C=O) groups is 2. The summed E-state index contributed by atoms with van der Waals surface area (Å²) in [5.74, 6) is -0.462. The van der Waals surface area contributed by atoms with Crippen molar-refractivity contribution in [3.8, 4) is 0 Å². The summed E-state index contributed by atoms with van der Waals surface area (Å²) < 4.78 is 0. The van der Waals surface area contributed by atoms with E-state index in [-0.39, 0.29) is 16.9 Å². The van der Waals surface area contributed by atoms with Gasteiger partial charge in [0.25, 0.3) is 0 Å². The van der Waals surface area contributed by atoms with Gasteiger partial charge in [0, 0.05) is 33.9 Å². The minimum absolute atomic E-state index is 0.163. The van der Waals surface area contributed by atoms with Crippen LogP contribution in [0.5, 0.6) is 0 Å². The highest BCUT2D eigenvalue weighted by Gasteiger charge is 2.04. The Kier molecular flexibility index (Phi) is 7.79. The highest BCUT2D eigenvalue weighted by Crippen LogP contribution is 2.22. The molecule has 0 atom stereocenters. The van der Waals surface area contributed by atoms with Gasteiger partial charge in [-0.05, 0) is 60.3 Å². The lowest BCUT2D eigenvalue weighted by molar-refractivity contribution is -0.119. The van der Waals surface area contributed by atoms with Crippen LogP contribution in [0.25, 0.3) is 6.08 Å². The SMILES string of the molecule is CCC(=O)NC(=S)Nc1ccc(NC(=O)/C=C/c2ccc(Cl)cc2Cl)cc1. The van der Waals surface area contributed by atoms with Crippen molar-refractivity contribution in [1.82, 2.24) is 5.32 Å². The van der Waals surface area contributed by atoms with Gasteiger partial charge in [-0.15, -0.1) is 0 Å². The standard InChI is InChI=1S/C19H17Cl2N3O2S/c1-2-17(25)24-19(27)23-15-8-6-14(7-9-15)22-18(26)10-4-12-3-5-13(20)11-16(12)21/h3-11H,2H2,1H3,(H,22,26)(H2,23,24,25,27)/b10-4+. The van der Waals surface area contributed by atoms with E-state index in [9.17, 15) is 9.59 Å². The molecular weight excluding hydrogens is 405 g/mol. The lowest BCUT2D eigenvalue weighted by Crippen LogP contribution is -2.33. The van der Waals surface area contributed by atoms with E-state index in [0.29, 0.717) is 33.4 Å². The number of thiocarbonyl (C=S) groups is 1. The average molecular weight is 422 g/mol. The molecular formula is C19H17Cl2N3O2S. The summed E-state index contributed by atoms with van der Waals surface area (Å²) in [6.07, 6.45) is 3.34. The Hall–Kier alpha value is -2.41. The molecule has 0 aliphatic carbocycles. The third kappa shape index (κ3) is 7.02. The summed E-state index contributed by atoms with van der Waals surface area (Å²) in [5.41, 5.74) is 2.00. The van der Waals surface area contributed by atoms with Crippen LogP contribution in [0.4, 0.5) is 11.4 Å². The van der Waals surface area contributed by atoms with Gasteiger partial charge < -0.3 is 16.0 Å². The van der Waals surface area contributed by atoms with Gasteiger partial charge in [-0.1, -0.05) is 36.2 Å². The molecule has 0 heterocycles. The van der Waals surface area contributed by atoms with E-state index in [1.165, 1.54) is 6.08 Å². The second-order valence-electron chi connectivity index (χ2n) is 5.42. The molecule has 2 rings (SSSR count). The first-order valence-electron chi connectivity index (χ1n) is 8.02. The highest BCUT2D eigenvalue weighted by molar-refractivity contribution is 7.80. The number of benzene rings is 2. The Bertz CT molecular complexity index is 883. The maximum Gasteiger partial charge on any atom is 0.248 e. The average Bonchev–Trinajstić information content (AvgIpc) is 2.62. The number of hydrogen-bond donors (Lipinski definition) is 3. The molecule has 0 spiro atoms. The Balaban J connectivity index is 1.91. The molecule has 0 saturated heterocycles. The fourth-order valence-electron chi connectivity index (χ4n) is 2.00. The molecule has 8 heteroatoms. The van der Waals surface area contributed by atoms with E-state index >= 15 is 0 Å². The first kappa shape index (κ1) is 20.9. The molecule has 0 fully saturated rings. The van der Waals surface area contributed by atoms with Crippen LogP contribution in [-0.4, -0.2) is 16.9 Å². The first-order chi connectivity index (χ1) is 12.9. The number of carbonyl (C=O) groups excluding carboxylic acids is 2. The summed E-state index contributed by atoms with van der Waals surface area (Å²) >= 11 is 16.9. The van der Waals surface area contributed by atoms with Crippen molar-refractivity contribution >= 4 is 69.8 Å². The number of halogens is 2. The smallest absolute Gasteiger partial charge is 0.248 e. The minimum Gasteiger partial charge on any atom is -0.332 e.